The maximum Gasteiger partial charge on any atom is 0.441 e. The Morgan fingerprint density at radius 2 is 2.07 bits per heavy atom. The zero-order valence-corrected chi connectivity index (χ0v) is 9.61. The topological polar surface area (TPSA) is 12.0 Å². The maximum atomic E-state index is 11.7. The van der Waals surface area contributed by atoms with Gasteiger partial charge in [0.2, 0.25) is 0 Å². The van der Waals surface area contributed by atoms with E-state index in [1.807, 2.05) is 6.92 Å². The van der Waals surface area contributed by atoms with E-state index in [0.717, 1.165) is 12.8 Å². The number of thioether (sulfide) groups is 1. The van der Waals surface area contributed by atoms with Crippen molar-refractivity contribution in [2.45, 2.75) is 31.3 Å². The van der Waals surface area contributed by atoms with Gasteiger partial charge in [-0.2, -0.15) is 13.2 Å². The molecule has 0 aliphatic rings. The minimum atomic E-state index is -4.11. The number of rotatable bonds is 7. The first-order valence-electron chi connectivity index (χ1n) is 4.45. The molecule has 14 heavy (non-hydrogen) atoms. The fourth-order valence-corrected chi connectivity index (χ4v) is 1.56. The first kappa shape index (κ1) is 14.4. The van der Waals surface area contributed by atoms with E-state index in [1.165, 1.54) is 0 Å². The number of alkyl halides is 4. The van der Waals surface area contributed by atoms with E-state index >= 15 is 0 Å². The number of halogens is 4. The maximum absolute atomic E-state index is 11.7. The van der Waals surface area contributed by atoms with E-state index in [0.29, 0.717) is 12.4 Å². The second-order valence-corrected chi connectivity index (χ2v) is 4.52. The second-order valence-electron chi connectivity index (χ2n) is 2.98. The highest BCUT2D eigenvalue weighted by Crippen LogP contribution is 2.29. The van der Waals surface area contributed by atoms with Crippen molar-refractivity contribution < 1.29 is 13.2 Å². The Kier molecular flexibility index (Phi) is 7.86. The first-order chi connectivity index (χ1) is 6.45. The number of nitrogens with one attached hydrogen (secondary N) is 1. The van der Waals surface area contributed by atoms with Gasteiger partial charge in [0.1, 0.15) is 0 Å². The Labute approximate surface area is 91.8 Å². The van der Waals surface area contributed by atoms with Crippen LogP contribution in [-0.2, 0) is 0 Å². The van der Waals surface area contributed by atoms with Crippen LogP contribution in [0.2, 0.25) is 0 Å². The molecule has 6 heteroatoms. The van der Waals surface area contributed by atoms with E-state index in [9.17, 15) is 13.2 Å². The third-order valence-electron chi connectivity index (χ3n) is 1.63. The van der Waals surface area contributed by atoms with Crippen molar-refractivity contribution in [3.8, 4) is 0 Å². The van der Waals surface area contributed by atoms with E-state index in [2.05, 4.69) is 5.32 Å². The van der Waals surface area contributed by atoms with E-state index in [1.54, 1.807) is 0 Å². The van der Waals surface area contributed by atoms with Crippen LogP contribution >= 0.6 is 23.4 Å². The van der Waals surface area contributed by atoms with Crippen molar-refractivity contribution >= 4 is 23.4 Å². The van der Waals surface area contributed by atoms with Crippen molar-refractivity contribution in [1.29, 1.82) is 0 Å². The molecule has 0 spiro atoms. The summed E-state index contributed by atoms with van der Waals surface area (Å²) in [4.78, 5) is 0. The van der Waals surface area contributed by atoms with Crippen LogP contribution in [0, 0.1) is 0 Å². The van der Waals surface area contributed by atoms with Gasteiger partial charge in [-0.05, 0) is 31.5 Å². The molecule has 0 fully saturated rings. The zero-order chi connectivity index (χ0) is 11.0. The molecule has 86 valence electrons. The van der Waals surface area contributed by atoms with Crippen LogP contribution in [0.4, 0.5) is 13.2 Å². The molecule has 0 aromatic heterocycles. The van der Waals surface area contributed by atoms with Gasteiger partial charge in [0, 0.05) is 24.2 Å². The molecule has 1 unspecified atom stereocenters. The third-order valence-corrected chi connectivity index (χ3v) is 2.63. The molecule has 0 rings (SSSR count). The van der Waals surface area contributed by atoms with Gasteiger partial charge in [-0.1, -0.05) is 0 Å². The van der Waals surface area contributed by atoms with Gasteiger partial charge in [0.15, 0.2) is 0 Å². The minimum absolute atomic E-state index is 0.0108. The predicted octanol–water partition coefficient (Wildman–Crippen LogP) is 3.24. The molecule has 0 aliphatic heterocycles. The first-order valence-corrected chi connectivity index (χ1v) is 5.97. The molecule has 0 radical (unpaired) electrons. The summed E-state index contributed by atoms with van der Waals surface area (Å²) in [6, 6.07) is 0.239. The van der Waals surface area contributed by atoms with E-state index in [4.69, 9.17) is 11.6 Å². The Balaban J connectivity index is 3.27. The van der Waals surface area contributed by atoms with Gasteiger partial charge in [-0.25, -0.2) is 0 Å². The molecule has 0 aliphatic carbocycles. The van der Waals surface area contributed by atoms with Crippen LogP contribution in [-0.4, -0.2) is 29.7 Å². The van der Waals surface area contributed by atoms with E-state index in [-0.39, 0.29) is 23.6 Å². The summed E-state index contributed by atoms with van der Waals surface area (Å²) in [6.45, 7) is 2.33. The van der Waals surface area contributed by atoms with Gasteiger partial charge in [-0.15, -0.1) is 11.6 Å². The molecule has 0 aromatic rings. The average Bonchev–Trinajstić information content (AvgIpc) is 2.07. The number of hydrogen-bond donors (Lipinski definition) is 1. The Morgan fingerprint density at radius 1 is 1.43 bits per heavy atom. The SMILES string of the molecule is CC(CCCCl)NCCSC(F)(F)F. The molecule has 1 N–H and O–H groups in total. The zero-order valence-electron chi connectivity index (χ0n) is 8.03. The average molecular weight is 250 g/mol. The lowest BCUT2D eigenvalue weighted by Crippen LogP contribution is -2.28. The Hall–Kier alpha value is 0.390. The van der Waals surface area contributed by atoms with Crippen LogP contribution in [0.5, 0.6) is 0 Å². The molecule has 0 amide bonds. The molecular weight excluding hydrogens is 235 g/mol. The fraction of sp³-hybridized carbons (Fsp3) is 1.00. The molecule has 0 saturated heterocycles. The molecule has 0 heterocycles. The lowest BCUT2D eigenvalue weighted by Gasteiger charge is -2.13. The Bertz CT molecular complexity index is 143. The van der Waals surface area contributed by atoms with Crippen LogP contribution in [0.25, 0.3) is 0 Å². The summed E-state index contributed by atoms with van der Waals surface area (Å²) >= 11 is 5.50. The lowest BCUT2D eigenvalue weighted by molar-refractivity contribution is -0.0327. The highest BCUT2D eigenvalue weighted by atomic mass is 35.5. The van der Waals surface area contributed by atoms with Crippen LogP contribution in [0.1, 0.15) is 19.8 Å². The van der Waals surface area contributed by atoms with Crippen molar-refractivity contribution in [3.63, 3.8) is 0 Å². The standard InChI is InChI=1S/C8H15ClF3NS/c1-7(3-2-4-9)13-5-6-14-8(10,11)12/h7,13H,2-6H2,1H3. The van der Waals surface area contributed by atoms with Crippen molar-refractivity contribution in [2.24, 2.45) is 0 Å². The molecule has 1 atom stereocenters. The molecule has 0 aromatic carbocycles. The number of hydrogen-bond acceptors (Lipinski definition) is 2. The summed E-state index contributed by atoms with van der Waals surface area (Å²) in [5.41, 5.74) is -4.11. The summed E-state index contributed by atoms with van der Waals surface area (Å²) < 4.78 is 35.1. The van der Waals surface area contributed by atoms with Crippen molar-refractivity contribution in [3.05, 3.63) is 0 Å². The van der Waals surface area contributed by atoms with Crippen molar-refractivity contribution in [2.75, 3.05) is 18.2 Å². The Morgan fingerprint density at radius 3 is 2.57 bits per heavy atom. The largest absolute Gasteiger partial charge is 0.441 e. The molecule has 1 nitrogen and oxygen atoms in total. The van der Waals surface area contributed by atoms with Crippen LogP contribution in [0.3, 0.4) is 0 Å². The summed E-state index contributed by atoms with van der Waals surface area (Å²) in [5, 5.41) is 3.01. The normalized spacial score (nSPS) is 14.4. The smallest absolute Gasteiger partial charge is 0.313 e. The summed E-state index contributed by atoms with van der Waals surface area (Å²) in [5.74, 6) is 0.665. The van der Waals surface area contributed by atoms with Crippen LogP contribution in [0.15, 0.2) is 0 Å². The molecule has 0 bridgehead atoms. The third kappa shape index (κ3) is 10.5. The summed E-state index contributed by atoms with van der Waals surface area (Å²) in [7, 11) is 0. The van der Waals surface area contributed by atoms with Gasteiger partial charge in [-0.3, -0.25) is 0 Å². The summed E-state index contributed by atoms with van der Waals surface area (Å²) in [6.07, 6.45) is 1.79. The fourth-order valence-electron chi connectivity index (χ4n) is 0.957. The molecule has 0 saturated carbocycles. The monoisotopic (exact) mass is 249 g/mol. The van der Waals surface area contributed by atoms with Gasteiger partial charge < -0.3 is 5.32 Å². The van der Waals surface area contributed by atoms with Gasteiger partial charge >= 0.3 is 5.51 Å². The highest BCUT2D eigenvalue weighted by molar-refractivity contribution is 8.00. The van der Waals surface area contributed by atoms with Crippen molar-refractivity contribution in [1.82, 2.24) is 5.32 Å². The van der Waals surface area contributed by atoms with E-state index < -0.39 is 5.51 Å². The predicted molar refractivity (Wildman–Crippen MR) is 55.9 cm³/mol. The lowest BCUT2D eigenvalue weighted by atomic mass is 10.2. The van der Waals surface area contributed by atoms with Gasteiger partial charge in [0.05, 0.1) is 0 Å². The molecular formula is C8H15ClF3NS. The van der Waals surface area contributed by atoms with Crippen LogP contribution < -0.4 is 5.32 Å². The second kappa shape index (κ2) is 7.65. The highest BCUT2D eigenvalue weighted by Gasteiger charge is 2.27. The van der Waals surface area contributed by atoms with Gasteiger partial charge in [0.25, 0.3) is 0 Å². The minimum Gasteiger partial charge on any atom is -0.313 e. The quantitative estimate of drug-likeness (QED) is 0.549.